The number of hydrogen-bond donors (Lipinski definition) is 1. The number of nitrogen functional groups attached to an aromatic ring is 1. The van der Waals surface area contributed by atoms with Gasteiger partial charge in [-0.1, -0.05) is 30.3 Å². The van der Waals surface area contributed by atoms with Gasteiger partial charge >= 0.3 is 33.1 Å². The van der Waals surface area contributed by atoms with Gasteiger partial charge in [-0.15, -0.1) is 0 Å². The van der Waals surface area contributed by atoms with Crippen molar-refractivity contribution in [1.82, 2.24) is 4.98 Å². The number of aromatic nitrogens is 1. The van der Waals surface area contributed by atoms with Crippen LogP contribution in [-0.4, -0.2) is 4.98 Å². The molecule has 0 saturated heterocycles. The van der Waals surface area contributed by atoms with E-state index in [1.807, 2.05) is 67.6 Å². The van der Waals surface area contributed by atoms with Gasteiger partial charge in [-0.3, -0.25) is 0 Å². The predicted molar refractivity (Wildman–Crippen MR) is 99.4 cm³/mol. The Bertz CT molecular complexity index is 763. The molecule has 5 heteroatoms. The molecule has 0 aliphatic heterocycles. The number of para-hydroxylation sites is 1. The molecule has 0 fully saturated rings. The average Bonchev–Trinajstić information content (AvgIpc) is 2.60. The molecule has 0 aliphatic carbocycles. The van der Waals surface area contributed by atoms with Crippen molar-refractivity contribution in [2.75, 3.05) is 5.73 Å². The fourth-order valence-electron chi connectivity index (χ4n) is 2.16. The molecule has 122 valence electrons. The van der Waals surface area contributed by atoms with Gasteiger partial charge in [-0.25, -0.2) is 4.98 Å². The van der Waals surface area contributed by atoms with Crippen LogP contribution in [-0.2, 0) is 12.8 Å². The minimum absolute atomic E-state index is 0.532. The number of halogens is 1. The fourth-order valence-corrected chi connectivity index (χ4v) is 2.16. The molecule has 0 bridgehead atoms. The second-order valence-corrected chi connectivity index (χ2v) is 4.83. The van der Waals surface area contributed by atoms with Gasteiger partial charge in [-0.05, 0) is 48.4 Å². The molecule has 0 saturated carbocycles. The van der Waals surface area contributed by atoms with E-state index in [1.54, 1.807) is 26.5 Å². The molecule has 1 aromatic heterocycles. The van der Waals surface area contributed by atoms with Crippen LogP contribution in [0.1, 0.15) is 5.56 Å². The molecule has 0 unspecified atom stereocenters. The van der Waals surface area contributed by atoms with E-state index in [9.17, 15) is 0 Å². The van der Waals surface area contributed by atoms with Crippen molar-refractivity contribution in [3.8, 4) is 22.6 Å². The van der Waals surface area contributed by atoms with Crippen molar-refractivity contribution in [2.45, 2.75) is 6.92 Å². The Morgan fingerprint density at radius 2 is 1.65 bits per heavy atom. The Kier molecular flexibility index (Phi) is 6.89. The van der Waals surface area contributed by atoms with Crippen LogP contribution in [0.5, 0.6) is 11.5 Å². The van der Waals surface area contributed by atoms with E-state index in [0.717, 1.165) is 28.2 Å². The summed E-state index contributed by atoms with van der Waals surface area (Å²) in [6.45, 7) is 2.03. The van der Waals surface area contributed by atoms with E-state index in [-0.39, 0.29) is 0 Å². The first-order valence-corrected chi connectivity index (χ1v) is 9.93. The van der Waals surface area contributed by atoms with E-state index in [0.29, 0.717) is 5.82 Å². The average molecular weight is 467 g/mol. The first-order valence-electron chi connectivity index (χ1n) is 6.90. The topological polar surface area (TPSA) is 48.1 Å². The Balaban J connectivity index is 0.000000924. The molecule has 23 heavy (non-hydrogen) atoms. The molecule has 0 radical (unpaired) electrons. The van der Waals surface area contributed by atoms with Crippen molar-refractivity contribution in [3.63, 3.8) is 0 Å². The quantitative estimate of drug-likeness (QED) is 0.420. The predicted octanol–water partition coefficient (Wildman–Crippen LogP) is 5.31. The zero-order valence-corrected chi connectivity index (χ0v) is 15.6. The molecule has 3 rings (SSSR count). The van der Waals surface area contributed by atoms with Crippen molar-refractivity contribution in [2.24, 2.45) is 0 Å². The number of ether oxygens (including phenoxy) is 1. The van der Waals surface area contributed by atoms with Gasteiger partial charge in [0.25, 0.3) is 0 Å². The summed E-state index contributed by atoms with van der Waals surface area (Å²) in [6, 6.07) is 19.6. The van der Waals surface area contributed by atoms with E-state index >= 15 is 0 Å². The summed E-state index contributed by atoms with van der Waals surface area (Å²) in [5.41, 5.74) is 8.96. The van der Waals surface area contributed by atoms with Gasteiger partial charge < -0.3 is 10.5 Å². The maximum atomic E-state index is 5.89. The molecule has 2 aromatic carbocycles. The molecule has 0 amide bonds. The van der Waals surface area contributed by atoms with Crippen molar-refractivity contribution in [1.29, 1.82) is 0 Å². The van der Waals surface area contributed by atoms with E-state index in [1.165, 1.54) is 0 Å². The summed E-state index contributed by atoms with van der Waals surface area (Å²) >= 11 is 5.87. The number of nitrogens with two attached hydrogens (primary N) is 1. The second kappa shape index (κ2) is 8.91. The third kappa shape index (κ3) is 4.70. The van der Waals surface area contributed by atoms with Crippen LogP contribution >= 0.6 is 20.3 Å². The molecule has 3 aromatic rings. The number of pyridine rings is 1. The van der Waals surface area contributed by atoms with Crippen LogP contribution < -0.4 is 10.5 Å². The van der Waals surface area contributed by atoms with Gasteiger partial charge in [0, 0.05) is 11.8 Å². The minimum atomic E-state index is 0.532. The molecule has 0 atom stereocenters. The van der Waals surface area contributed by atoms with Crippen molar-refractivity contribution < 1.29 is 17.5 Å². The van der Waals surface area contributed by atoms with Crippen LogP contribution in [0.4, 0.5) is 5.82 Å². The molecule has 1 heterocycles. The van der Waals surface area contributed by atoms with Gasteiger partial charge in [0.1, 0.15) is 17.3 Å². The number of anilines is 1. The monoisotopic (exact) mass is 466 g/mol. The Hall–Kier alpha value is -1.56. The Morgan fingerprint density at radius 1 is 0.957 bits per heavy atom. The zero-order chi connectivity index (χ0) is 16.7. The summed E-state index contributed by atoms with van der Waals surface area (Å²) in [5.74, 6) is 2.20. The molecular weight excluding hydrogens is 451 g/mol. The van der Waals surface area contributed by atoms with E-state index in [2.05, 4.69) is 17.7 Å². The number of benzene rings is 2. The van der Waals surface area contributed by atoms with Crippen LogP contribution in [0.15, 0.2) is 66.9 Å². The van der Waals surface area contributed by atoms with Crippen LogP contribution in [0.25, 0.3) is 11.1 Å². The maximum absolute atomic E-state index is 5.89. The number of hydrogen-bond acceptors (Lipinski definition) is 3. The van der Waals surface area contributed by atoms with Gasteiger partial charge in [0.2, 0.25) is 0 Å². The summed E-state index contributed by atoms with van der Waals surface area (Å²) in [6.07, 6.45) is 1.69. The summed E-state index contributed by atoms with van der Waals surface area (Å²) in [4.78, 5) is 4.10. The zero-order valence-electron chi connectivity index (χ0n) is 12.5. The fraction of sp³-hybridized carbons (Fsp3) is 0.0556. The summed E-state index contributed by atoms with van der Waals surface area (Å²) in [5, 5.41) is 0. The van der Waals surface area contributed by atoms with Crippen molar-refractivity contribution in [3.05, 3.63) is 72.4 Å². The summed E-state index contributed by atoms with van der Waals surface area (Å²) in [7, 11) is 0. The van der Waals surface area contributed by atoms with Gasteiger partial charge in [0.15, 0.2) is 0 Å². The third-order valence-electron chi connectivity index (χ3n) is 3.33. The number of aryl methyl sites for hydroxylation is 1. The van der Waals surface area contributed by atoms with Crippen LogP contribution in [0.3, 0.4) is 0 Å². The van der Waals surface area contributed by atoms with Crippen LogP contribution in [0, 0.1) is 6.92 Å². The number of nitrogens with zero attached hydrogens (tertiary/aromatic N) is 1. The third-order valence-corrected chi connectivity index (χ3v) is 3.33. The Labute approximate surface area is 155 Å². The first-order chi connectivity index (χ1) is 11.2. The summed E-state index contributed by atoms with van der Waals surface area (Å²) < 4.78 is 5.88. The normalized spacial score (nSPS) is 9.74. The van der Waals surface area contributed by atoms with Crippen LogP contribution in [0.2, 0.25) is 0 Å². The van der Waals surface area contributed by atoms with Gasteiger partial charge in [-0.2, -0.15) is 0 Å². The van der Waals surface area contributed by atoms with E-state index < -0.39 is 0 Å². The molecule has 2 N–H and O–H groups in total. The Morgan fingerprint density at radius 3 is 2.30 bits per heavy atom. The first kappa shape index (κ1) is 17.8. The molecule has 3 nitrogen and oxygen atoms in total. The van der Waals surface area contributed by atoms with Gasteiger partial charge in [0.05, 0.1) is 0 Å². The van der Waals surface area contributed by atoms with E-state index in [4.69, 9.17) is 10.5 Å². The van der Waals surface area contributed by atoms with Crippen molar-refractivity contribution >= 4 is 26.2 Å². The SMILES string of the molecule is Cc1ccccc1Oc1ccc(-c2cccnc2N)cc1.[Cu][I]. The standard InChI is InChI=1S/C18H16N2O.Cu.HI/c1-13-5-2-3-7-17(13)21-15-10-8-14(9-11-15)16-6-4-12-20-18(16)19;;/h2-12H,1H3,(H2,19,20);;1H/q;+1;/p-1. The molecular formula is C18H16CuIN2O. The number of rotatable bonds is 3. The second-order valence-electron chi connectivity index (χ2n) is 4.83. The molecule has 0 aliphatic rings. The molecule has 0 spiro atoms.